The molecule has 1 aliphatic carbocycles. The van der Waals surface area contributed by atoms with E-state index in [2.05, 4.69) is 21.2 Å². The van der Waals surface area contributed by atoms with Crippen LogP contribution in [0.4, 0.5) is 10.1 Å². The highest BCUT2D eigenvalue weighted by Gasteiger charge is 2.22. The SMILES string of the molecule is OC1CCCCCC1Nc1ccc(Br)cc1F. The predicted molar refractivity (Wildman–Crippen MR) is 70.6 cm³/mol. The van der Waals surface area contributed by atoms with Crippen LogP contribution >= 0.6 is 15.9 Å². The van der Waals surface area contributed by atoms with Crippen molar-refractivity contribution in [3.8, 4) is 0 Å². The van der Waals surface area contributed by atoms with Crippen LogP contribution in [-0.4, -0.2) is 17.3 Å². The van der Waals surface area contributed by atoms with Crippen LogP contribution in [0.25, 0.3) is 0 Å². The first-order valence-electron chi connectivity index (χ1n) is 6.06. The van der Waals surface area contributed by atoms with Crippen molar-refractivity contribution in [2.75, 3.05) is 5.32 Å². The van der Waals surface area contributed by atoms with Crippen molar-refractivity contribution < 1.29 is 9.50 Å². The van der Waals surface area contributed by atoms with Gasteiger partial charge in [-0.3, -0.25) is 0 Å². The van der Waals surface area contributed by atoms with E-state index in [0.717, 1.165) is 36.6 Å². The van der Waals surface area contributed by atoms with Crippen LogP contribution in [0.2, 0.25) is 0 Å². The summed E-state index contributed by atoms with van der Waals surface area (Å²) in [5.41, 5.74) is 0.471. The van der Waals surface area contributed by atoms with E-state index in [1.54, 1.807) is 12.1 Å². The highest BCUT2D eigenvalue weighted by Crippen LogP contribution is 2.24. The quantitative estimate of drug-likeness (QED) is 0.817. The number of halogens is 2. The minimum atomic E-state index is -0.374. The first-order chi connectivity index (χ1) is 8.16. The summed E-state index contributed by atoms with van der Waals surface area (Å²) in [6.45, 7) is 0. The van der Waals surface area contributed by atoms with Crippen molar-refractivity contribution in [1.82, 2.24) is 0 Å². The fraction of sp³-hybridized carbons (Fsp3) is 0.538. The van der Waals surface area contributed by atoms with Gasteiger partial charge in [0.05, 0.1) is 17.8 Å². The number of nitrogens with one attached hydrogen (secondary N) is 1. The Morgan fingerprint density at radius 3 is 2.76 bits per heavy atom. The lowest BCUT2D eigenvalue weighted by molar-refractivity contribution is 0.144. The summed E-state index contributed by atoms with van der Waals surface area (Å²) < 4.78 is 14.4. The third kappa shape index (κ3) is 3.42. The first-order valence-corrected chi connectivity index (χ1v) is 6.86. The summed E-state index contributed by atoms with van der Waals surface area (Å²) in [5, 5.41) is 13.1. The number of hydrogen-bond acceptors (Lipinski definition) is 2. The predicted octanol–water partition coefficient (Wildman–Crippen LogP) is 3.69. The van der Waals surface area contributed by atoms with E-state index in [1.165, 1.54) is 6.07 Å². The summed E-state index contributed by atoms with van der Waals surface area (Å²) in [4.78, 5) is 0. The molecule has 94 valence electrons. The normalized spacial score (nSPS) is 25.4. The van der Waals surface area contributed by atoms with E-state index in [-0.39, 0.29) is 18.0 Å². The van der Waals surface area contributed by atoms with Gasteiger partial charge < -0.3 is 10.4 Å². The zero-order chi connectivity index (χ0) is 12.3. The Morgan fingerprint density at radius 2 is 2.00 bits per heavy atom. The van der Waals surface area contributed by atoms with Gasteiger partial charge in [0.15, 0.2) is 0 Å². The standard InChI is InChI=1S/C13H17BrFNO/c14-9-6-7-11(10(15)8-9)16-12-4-2-1-3-5-13(12)17/h6-8,12-13,16-17H,1-5H2. The fourth-order valence-electron chi connectivity index (χ4n) is 2.26. The maximum Gasteiger partial charge on any atom is 0.147 e. The lowest BCUT2D eigenvalue weighted by Crippen LogP contribution is -2.32. The van der Waals surface area contributed by atoms with Crippen molar-refractivity contribution in [2.24, 2.45) is 0 Å². The molecule has 0 aliphatic heterocycles. The third-order valence-electron chi connectivity index (χ3n) is 3.25. The molecule has 2 rings (SSSR count). The van der Waals surface area contributed by atoms with E-state index < -0.39 is 0 Å². The molecule has 0 amide bonds. The van der Waals surface area contributed by atoms with Gasteiger partial charge in [-0.05, 0) is 31.0 Å². The van der Waals surface area contributed by atoms with Gasteiger partial charge in [0.2, 0.25) is 0 Å². The topological polar surface area (TPSA) is 32.3 Å². The number of hydrogen-bond donors (Lipinski definition) is 2. The van der Waals surface area contributed by atoms with Crippen LogP contribution < -0.4 is 5.32 Å². The Labute approximate surface area is 109 Å². The molecule has 0 saturated heterocycles. The Bertz CT molecular complexity index is 386. The second-order valence-electron chi connectivity index (χ2n) is 4.58. The molecule has 2 unspecified atom stereocenters. The fourth-order valence-corrected chi connectivity index (χ4v) is 2.60. The molecule has 17 heavy (non-hydrogen) atoms. The summed E-state index contributed by atoms with van der Waals surface area (Å²) >= 11 is 3.23. The minimum Gasteiger partial charge on any atom is -0.391 e. The molecule has 2 N–H and O–H groups in total. The highest BCUT2D eigenvalue weighted by molar-refractivity contribution is 9.10. The van der Waals surface area contributed by atoms with E-state index >= 15 is 0 Å². The lowest BCUT2D eigenvalue weighted by Gasteiger charge is -2.23. The highest BCUT2D eigenvalue weighted by atomic mass is 79.9. The molecule has 1 aromatic carbocycles. The van der Waals surface area contributed by atoms with Gasteiger partial charge in [-0.15, -0.1) is 0 Å². The van der Waals surface area contributed by atoms with E-state index in [9.17, 15) is 9.50 Å². The third-order valence-corrected chi connectivity index (χ3v) is 3.74. The molecule has 1 saturated carbocycles. The molecular weight excluding hydrogens is 285 g/mol. The van der Waals surface area contributed by atoms with Crippen LogP contribution in [0.3, 0.4) is 0 Å². The van der Waals surface area contributed by atoms with E-state index in [4.69, 9.17) is 0 Å². The Kier molecular flexibility index (Phi) is 4.40. The van der Waals surface area contributed by atoms with E-state index in [1.807, 2.05) is 0 Å². The van der Waals surface area contributed by atoms with Gasteiger partial charge in [-0.25, -0.2) is 4.39 Å². The number of benzene rings is 1. The molecule has 0 radical (unpaired) electrons. The summed E-state index contributed by atoms with van der Waals surface area (Å²) in [5.74, 6) is -0.282. The number of aliphatic hydroxyl groups excluding tert-OH is 1. The average molecular weight is 302 g/mol. The molecule has 1 aromatic rings. The summed E-state index contributed by atoms with van der Waals surface area (Å²) in [6, 6.07) is 4.91. The zero-order valence-corrected chi connectivity index (χ0v) is 11.2. The molecule has 0 aromatic heterocycles. The maximum absolute atomic E-state index is 13.7. The van der Waals surface area contributed by atoms with Crippen molar-refractivity contribution >= 4 is 21.6 Å². The minimum absolute atomic E-state index is 0.0341. The Balaban J connectivity index is 2.08. The van der Waals surface area contributed by atoms with Gasteiger partial charge >= 0.3 is 0 Å². The lowest BCUT2D eigenvalue weighted by atomic mass is 10.1. The van der Waals surface area contributed by atoms with E-state index in [0.29, 0.717) is 5.69 Å². The second kappa shape index (κ2) is 5.83. The van der Waals surface area contributed by atoms with Gasteiger partial charge in [0, 0.05) is 4.47 Å². The molecule has 2 atom stereocenters. The second-order valence-corrected chi connectivity index (χ2v) is 5.50. The molecule has 4 heteroatoms. The van der Waals surface area contributed by atoms with Crippen LogP contribution in [0.15, 0.2) is 22.7 Å². The summed E-state index contributed by atoms with van der Waals surface area (Å²) in [7, 11) is 0. The van der Waals surface area contributed by atoms with Crippen LogP contribution in [0.1, 0.15) is 32.1 Å². The van der Waals surface area contributed by atoms with Gasteiger partial charge in [0.25, 0.3) is 0 Å². The van der Waals surface area contributed by atoms with Crippen molar-refractivity contribution in [2.45, 2.75) is 44.2 Å². The molecule has 0 bridgehead atoms. The van der Waals surface area contributed by atoms with Crippen molar-refractivity contribution in [3.05, 3.63) is 28.5 Å². The van der Waals surface area contributed by atoms with Crippen molar-refractivity contribution in [1.29, 1.82) is 0 Å². The first kappa shape index (κ1) is 12.8. The van der Waals surface area contributed by atoms with Crippen molar-refractivity contribution in [3.63, 3.8) is 0 Å². The molecule has 1 fully saturated rings. The monoisotopic (exact) mass is 301 g/mol. The number of rotatable bonds is 2. The van der Waals surface area contributed by atoms with Crippen LogP contribution in [0, 0.1) is 5.82 Å². The molecule has 2 nitrogen and oxygen atoms in total. The molecular formula is C13H17BrFNO. The van der Waals surface area contributed by atoms with Crippen LogP contribution in [0.5, 0.6) is 0 Å². The van der Waals surface area contributed by atoms with Gasteiger partial charge in [-0.2, -0.15) is 0 Å². The molecule has 0 spiro atoms. The van der Waals surface area contributed by atoms with Crippen LogP contribution in [-0.2, 0) is 0 Å². The maximum atomic E-state index is 13.7. The van der Waals surface area contributed by atoms with Gasteiger partial charge in [0.1, 0.15) is 5.82 Å². The molecule has 0 heterocycles. The largest absolute Gasteiger partial charge is 0.391 e. The smallest absolute Gasteiger partial charge is 0.147 e. The Morgan fingerprint density at radius 1 is 1.24 bits per heavy atom. The average Bonchev–Trinajstić information content (AvgIpc) is 2.48. The summed E-state index contributed by atoms with van der Waals surface area (Å²) in [6.07, 6.45) is 4.63. The zero-order valence-electron chi connectivity index (χ0n) is 9.63. The van der Waals surface area contributed by atoms with Gasteiger partial charge in [-0.1, -0.05) is 35.2 Å². The number of anilines is 1. The number of aliphatic hydroxyl groups is 1. The molecule has 1 aliphatic rings. The Hall–Kier alpha value is -0.610.